The van der Waals surface area contributed by atoms with Gasteiger partial charge in [-0.1, -0.05) is 0 Å². The molecule has 1 aliphatic rings. The number of carbonyl (C=O) groups is 1. The molecular weight excluding hydrogens is 256 g/mol. The third-order valence-electron chi connectivity index (χ3n) is 3.57. The zero-order valence-electron chi connectivity index (χ0n) is 12.2. The first kappa shape index (κ1) is 14.9. The van der Waals surface area contributed by atoms with Crippen LogP contribution in [0.2, 0.25) is 0 Å². The molecule has 2 rings (SSSR count). The van der Waals surface area contributed by atoms with E-state index in [0.717, 1.165) is 44.8 Å². The zero-order chi connectivity index (χ0) is 14.4. The molecular formula is C15H22N2O3. The SMILES string of the molecule is CCOC1CCN(Cc2ccc(C(=O)OC)cn2)CC1. The number of hydrogen-bond donors (Lipinski definition) is 0. The Bertz CT molecular complexity index is 425. The average molecular weight is 278 g/mol. The number of rotatable bonds is 5. The Balaban J connectivity index is 1.84. The average Bonchev–Trinajstić information content (AvgIpc) is 2.49. The molecule has 0 amide bonds. The van der Waals surface area contributed by atoms with Gasteiger partial charge in [-0.3, -0.25) is 9.88 Å². The van der Waals surface area contributed by atoms with Crippen LogP contribution in [0, 0.1) is 0 Å². The molecule has 0 spiro atoms. The third kappa shape index (κ3) is 4.02. The second kappa shape index (κ2) is 7.36. The molecule has 0 N–H and O–H groups in total. The molecule has 0 aliphatic carbocycles. The molecule has 0 radical (unpaired) electrons. The Morgan fingerprint density at radius 2 is 2.15 bits per heavy atom. The van der Waals surface area contributed by atoms with E-state index in [9.17, 15) is 4.79 Å². The quantitative estimate of drug-likeness (QED) is 0.770. The van der Waals surface area contributed by atoms with Gasteiger partial charge in [0.05, 0.1) is 24.5 Å². The molecule has 0 unspecified atom stereocenters. The summed E-state index contributed by atoms with van der Waals surface area (Å²) in [6.07, 6.45) is 4.14. The molecule has 20 heavy (non-hydrogen) atoms. The van der Waals surface area contributed by atoms with Crippen molar-refractivity contribution >= 4 is 5.97 Å². The maximum absolute atomic E-state index is 11.3. The van der Waals surface area contributed by atoms with Crippen molar-refractivity contribution in [2.24, 2.45) is 0 Å². The molecule has 5 nitrogen and oxygen atoms in total. The van der Waals surface area contributed by atoms with Gasteiger partial charge in [0.1, 0.15) is 0 Å². The standard InChI is InChI=1S/C15H22N2O3/c1-3-20-14-6-8-17(9-7-14)11-13-5-4-12(10-16-13)15(18)19-2/h4-5,10,14H,3,6-9,11H2,1-2H3. The Hall–Kier alpha value is -1.46. The van der Waals surface area contributed by atoms with Gasteiger partial charge in [0.2, 0.25) is 0 Å². The summed E-state index contributed by atoms with van der Waals surface area (Å²) in [6, 6.07) is 3.65. The summed E-state index contributed by atoms with van der Waals surface area (Å²) in [5.74, 6) is -0.346. The van der Waals surface area contributed by atoms with Crippen LogP contribution in [-0.2, 0) is 16.0 Å². The van der Waals surface area contributed by atoms with Crippen LogP contribution in [0.4, 0.5) is 0 Å². The van der Waals surface area contributed by atoms with Crippen molar-refractivity contribution in [3.63, 3.8) is 0 Å². The van der Waals surface area contributed by atoms with E-state index in [1.807, 2.05) is 13.0 Å². The summed E-state index contributed by atoms with van der Waals surface area (Å²) < 4.78 is 10.3. The van der Waals surface area contributed by atoms with Crippen molar-refractivity contribution in [3.05, 3.63) is 29.6 Å². The van der Waals surface area contributed by atoms with Gasteiger partial charge < -0.3 is 9.47 Å². The van der Waals surface area contributed by atoms with Crippen molar-refractivity contribution in [3.8, 4) is 0 Å². The van der Waals surface area contributed by atoms with Gasteiger partial charge in [0.25, 0.3) is 0 Å². The van der Waals surface area contributed by atoms with Crippen LogP contribution in [0.1, 0.15) is 35.8 Å². The Morgan fingerprint density at radius 1 is 1.40 bits per heavy atom. The van der Waals surface area contributed by atoms with E-state index in [0.29, 0.717) is 11.7 Å². The normalized spacial score (nSPS) is 17.1. The number of likely N-dealkylation sites (tertiary alicyclic amines) is 1. The van der Waals surface area contributed by atoms with Crippen molar-refractivity contribution in [1.82, 2.24) is 9.88 Å². The maximum Gasteiger partial charge on any atom is 0.339 e. The highest BCUT2D eigenvalue weighted by Crippen LogP contribution is 2.15. The summed E-state index contributed by atoms with van der Waals surface area (Å²) in [5, 5.41) is 0. The van der Waals surface area contributed by atoms with Crippen LogP contribution in [0.15, 0.2) is 18.3 Å². The van der Waals surface area contributed by atoms with Crippen molar-refractivity contribution in [2.45, 2.75) is 32.4 Å². The molecule has 2 heterocycles. The van der Waals surface area contributed by atoms with E-state index in [1.54, 1.807) is 12.3 Å². The number of pyridine rings is 1. The van der Waals surface area contributed by atoms with Crippen LogP contribution in [-0.4, -0.2) is 48.8 Å². The minimum Gasteiger partial charge on any atom is -0.465 e. The smallest absolute Gasteiger partial charge is 0.339 e. The fraction of sp³-hybridized carbons (Fsp3) is 0.600. The predicted molar refractivity (Wildman–Crippen MR) is 75.5 cm³/mol. The highest BCUT2D eigenvalue weighted by Gasteiger charge is 2.19. The molecule has 1 saturated heterocycles. The van der Waals surface area contributed by atoms with Gasteiger partial charge in [-0.05, 0) is 31.9 Å². The first-order valence-electron chi connectivity index (χ1n) is 7.10. The number of hydrogen-bond acceptors (Lipinski definition) is 5. The molecule has 0 atom stereocenters. The number of methoxy groups -OCH3 is 1. The molecule has 0 saturated carbocycles. The highest BCUT2D eigenvalue weighted by atomic mass is 16.5. The minimum absolute atomic E-state index is 0.346. The number of aromatic nitrogens is 1. The monoisotopic (exact) mass is 278 g/mol. The third-order valence-corrected chi connectivity index (χ3v) is 3.57. The maximum atomic E-state index is 11.3. The summed E-state index contributed by atoms with van der Waals surface area (Å²) in [4.78, 5) is 18.0. The minimum atomic E-state index is -0.346. The van der Waals surface area contributed by atoms with Crippen LogP contribution >= 0.6 is 0 Å². The Kier molecular flexibility index (Phi) is 5.49. The summed E-state index contributed by atoms with van der Waals surface area (Å²) in [6.45, 7) is 5.72. The van der Waals surface area contributed by atoms with E-state index in [2.05, 4.69) is 14.6 Å². The second-order valence-electron chi connectivity index (χ2n) is 4.96. The number of carbonyl (C=O) groups excluding carboxylic acids is 1. The first-order valence-corrected chi connectivity index (χ1v) is 7.10. The lowest BCUT2D eigenvalue weighted by Gasteiger charge is -2.31. The van der Waals surface area contributed by atoms with Gasteiger partial charge in [-0.15, -0.1) is 0 Å². The van der Waals surface area contributed by atoms with E-state index >= 15 is 0 Å². The van der Waals surface area contributed by atoms with Crippen molar-refractivity contribution < 1.29 is 14.3 Å². The van der Waals surface area contributed by atoms with Gasteiger partial charge in [-0.25, -0.2) is 4.79 Å². The lowest BCUT2D eigenvalue weighted by atomic mass is 10.1. The summed E-state index contributed by atoms with van der Waals surface area (Å²) in [7, 11) is 1.37. The first-order chi connectivity index (χ1) is 9.72. The van der Waals surface area contributed by atoms with E-state index in [1.165, 1.54) is 7.11 Å². The molecule has 110 valence electrons. The molecule has 5 heteroatoms. The highest BCUT2D eigenvalue weighted by molar-refractivity contribution is 5.88. The zero-order valence-corrected chi connectivity index (χ0v) is 12.2. The Morgan fingerprint density at radius 3 is 2.70 bits per heavy atom. The van der Waals surface area contributed by atoms with Crippen molar-refractivity contribution in [1.29, 1.82) is 0 Å². The predicted octanol–water partition coefficient (Wildman–Crippen LogP) is 1.87. The Labute approximate surface area is 119 Å². The van der Waals surface area contributed by atoms with Crippen LogP contribution in [0.25, 0.3) is 0 Å². The van der Waals surface area contributed by atoms with Crippen molar-refractivity contribution in [2.75, 3.05) is 26.8 Å². The van der Waals surface area contributed by atoms with Gasteiger partial charge in [0.15, 0.2) is 0 Å². The number of ether oxygens (including phenoxy) is 2. The van der Waals surface area contributed by atoms with Crippen LogP contribution in [0.3, 0.4) is 0 Å². The van der Waals surface area contributed by atoms with E-state index < -0.39 is 0 Å². The molecule has 1 fully saturated rings. The van der Waals surface area contributed by atoms with Gasteiger partial charge >= 0.3 is 5.97 Å². The molecule has 0 bridgehead atoms. The lowest BCUT2D eigenvalue weighted by Crippen LogP contribution is -2.36. The number of esters is 1. The molecule has 1 aromatic heterocycles. The number of nitrogens with zero attached hydrogens (tertiary/aromatic N) is 2. The number of piperidine rings is 1. The lowest BCUT2D eigenvalue weighted by molar-refractivity contribution is 0.0122. The fourth-order valence-corrected chi connectivity index (χ4v) is 2.46. The molecule has 1 aromatic rings. The van der Waals surface area contributed by atoms with E-state index in [4.69, 9.17) is 4.74 Å². The van der Waals surface area contributed by atoms with Gasteiger partial charge in [0, 0.05) is 32.4 Å². The largest absolute Gasteiger partial charge is 0.465 e. The van der Waals surface area contributed by atoms with E-state index in [-0.39, 0.29) is 5.97 Å². The topological polar surface area (TPSA) is 51.7 Å². The van der Waals surface area contributed by atoms with Gasteiger partial charge in [-0.2, -0.15) is 0 Å². The molecule has 0 aromatic carbocycles. The summed E-state index contributed by atoms with van der Waals surface area (Å²) >= 11 is 0. The second-order valence-corrected chi connectivity index (χ2v) is 4.96. The van der Waals surface area contributed by atoms with Crippen LogP contribution < -0.4 is 0 Å². The molecule has 1 aliphatic heterocycles. The van der Waals surface area contributed by atoms with Crippen LogP contribution in [0.5, 0.6) is 0 Å². The fourth-order valence-electron chi connectivity index (χ4n) is 2.46. The summed E-state index contributed by atoms with van der Waals surface area (Å²) in [5.41, 5.74) is 1.47.